The average Bonchev–Trinajstić information content (AvgIpc) is 2.14. The molecule has 2 nitrogen and oxygen atoms in total. The highest BCUT2D eigenvalue weighted by Gasteiger charge is 2.40. The van der Waals surface area contributed by atoms with Gasteiger partial charge in [0, 0.05) is 31.2 Å². The molecule has 1 aliphatic carbocycles. The Balaban J connectivity index is 1.92. The van der Waals surface area contributed by atoms with Crippen LogP contribution in [0.5, 0.6) is 0 Å². The lowest BCUT2D eigenvalue weighted by Gasteiger charge is -2.51. The fraction of sp³-hybridized carbons (Fsp3) is 1.00. The van der Waals surface area contributed by atoms with Gasteiger partial charge in [0.2, 0.25) is 0 Å². The van der Waals surface area contributed by atoms with Crippen LogP contribution in [-0.2, 0) is 0 Å². The van der Waals surface area contributed by atoms with E-state index in [2.05, 4.69) is 24.1 Å². The Labute approximate surface area is 81.7 Å². The summed E-state index contributed by atoms with van der Waals surface area (Å²) in [5.74, 6) is 0. The van der Waals surface area contributed by atoms with Gasteiger partial charge in [0.15, 0.2) is 0 Å². The molecule has 2 rings (SSSR count). The SMILES string of the molecule is CCC(C)N1CCNC2(CCC2)C1. The lowest BCUT2D eigenvalue weighted by molar-refractivity contribution is 0.0481. The van der Waals surface area contributed by atoms with Crippen molar-refractivity contribution in [2.45, 2.75) is 51.1 Å². The topological polar surface area (TPSA) is 15.3 Å². The minimum Gasteiger partial charge on any atom is -0.309 e. The summed E-state index contributed by atoms with van der Waals surface area (Å²) in [6, 6.07) is 0.777. The summed E-state index contributed by atoms with van der Waals surface area (Å²) in [6.07, 6.45) is 5.53. The van der Waals surface area contributed by atoms with E-state index >= 15 is 0 Å². The van der Waals surface area contributed by atoms with Crippen molar-refractivity contribution < 1.29 is 0 Å². The first-order valence-electron chi connectivity index (χ1n) is 5.75. The molecule has 2 fully saturated rings. The molecule has 0 amide bonds. The van der Waals surface area contributed by atoms with Crippen LogP contribution in [0.3, 0.4) is 0 Å². The Morgan fingerprint density at radius 1 is 1.46 bits per heavy atom. The van der Waals surface area contributed by atoms with Gasteiger partial charge in [-0.05, 0) is 32.6 Å². The summed E-state index contributed by atoms with van der Waals surface area (Å²) in [7, 11) is 0. The third-order valence-electron chi connectivity index (χ3n) is 3.93. The van der Waals surface area contributed by atoms with E-state index < -0.39 is 0 Å². The van der Waals surface area contributed by atoms with Gasteiger partial charge in [-0.25, -0.2) is 0 Å². The van der Waals surface area contributed by atoms with Crippen molar-refractivity contribution in [3.05, 3.63) is 0 Å². The predicted molar refractivity (Wildman–Crippen MR) is 55.9 cm³/mol. The van der Waals surface area contributed by atoms with E-state index in [1.807, 2.05) is 0 Å². The molecular formula is C11H22N2. The van der Waals surface area contributed by atoms with Gasteiger partial charge in [-0.1, -0.05) is 6.92 Å². The van der Waals surface area contributed by atoms with Crippen LogP contribution in [0.4, 0.5) is 0 Å². The number of piperazine rings is 1. The van der Waals surface area contributed by atoms with Crippen LogP contribution in [0.15, 0.2) is 0 Å². The standard InChI is InChI=1S/C11H22N2/c1-3-10(2)13-8-7-12-11(9-13)5-4-6-11/h10,12H,3-9H2,1-2H3. The van der Waals surface area contributed by atoms with Crippen molar-refractivity contribution in [1.82, 2.24) is 10.2 Å². The van der Waals surface area contributed by atoms with Crippen LogP contribution < -0.4 is 5.32 Å². The second-order valence-corrected chi connectivity index (χ2v) is 4.79. The number of hydrogen-bond acceptors (Lipinski definition) is 2. The molecule has 1 heterocycles. The fourth-order valence-electron chi connectivity index (χ4n) is 2.56. The smallest absolute Gasteiger partial charge is 0.0309 e. The van der Waals surface area contributed by atoms with Crippen LogP contribution in [-0.4, -0.2) is 36.1 Å². The zero-order chi connectivity index (χ0) is 9.31. The highest BCUT2D eigenvalue weighted by molar-refractivity contribution is 5.01. The molecule has 1 unspecified atom stereocenters. The molecule has 0 radical (unpaired) electrons. The summed E-state index contributed by atoms with van der Waals surface area (Å²) in [5, 5.41) is 3.70. The van der Waals surface area contributed by atoms with Crippen molar-refractivity contribution in [2.24, 2.45) is 0 Å². The molecule has 2 aliphatic rings. The van der Waals surface area contributed by atoms with Gasteiger partial charge in [-0.15, -0.1) is 0 Å². The largest absolute Gasteiger partial charge is 0.309 e. The maximum Gasteiger partial charge on any atom is 0.0309 e. The predicted octanol–water partition coefficient (Wildman–Crippen LogP) is 1.61. The van der Waals surface area contributed by atoms with Crippen LogP contribution in [0.2, 0.25) is 0 Å². The van der Waals surface area contributed by atoms with Crippen molar-refractivity contribution >= 4 is 0 Å². The lowest BCUT2D eigenvalue weighted by Crippen LogP contribution is -2.65. The molecule has 0 aromatic carbocycles. The fourth-order valence-corrected chi connectivity index (χ4v) is 2.56. The number of rotatable bonds is 2. The number of hydrogen-bond donors (Lipinski definition) is 1. The van der Waals surface area contributed by atoms with Crippen molar-refractivity contribution in [3.63, 3.8) is 0 Å². The van der Waals surface area contributed by atoms with E-state index in [0.29, 0.717) is 5.54 Å². The highest BCUT2D eigenvalue weighted by atomic mass is 15.2. The van der Waals surface area contributed by atoms with Crippen LogP contribution >= 0.6 is 0 Å². The summed E-state index contributed by atoms with van der Waals surface area (Å²) < 4.78 is 0. The Kier molecular flexibility index (Phi) is 2.61. The maximum atomic E-state index is 3.70. The number of nitrogens with zero attached hydrogens (tertiary/aromatic N) is 1. The van der Waals surface area contributed by atoms with Crippen LogP contribution in [0.1, 0.15) is 39.5 Å². The second-order valence-electron chi connectivity index (χ2n) is 4.79. The van der Waals surface area contributed by atoms with Gasteiger partial charge < -0.3 is 5.32 Å². The molecule has 1 saturated carbocycles. The molecule has 0 aromatic heterocycles. The molecule has 0 aromatic rings. The third-order valence-corrected chi connectivity index (χ3v) is 3.93. The summed E-state index contributed by atoms with van der Waals surface area (Å²) in [4.78, 5) is 2.66. The summed E-state index contributed by atoms with van der Waals surface area (Å²) in [6.45, 7) is 8.39. The summed E-state index contributed by atoms with van der Waals surface area (Å²) in [5.41, 5.74) is 0.529. The molecule has 1 N–H and O–H groups in total. The first-order chi connectivity index (χ1) is 6.26. The van der Waals surface area contributed by atoms with Crippen molar-refractivity contribution in [1.29, 1.82) is 0 Å². The normalized spacial score (nSPS) is 30.0. The quantitative estimate of drug-likeness (QED) is 0.698. The molecule has 1 aliphatic heterocycles. The van der Waals surface area contributed by atoms with E-state index in [1.54, 1.807) is 0 Å². The van der Waals surface area contributed by atoms with Crippen LogP contribution in [0, 0.1) is 0 Å². The van der Waals surface area contributed by atoms with E-state index in [0.717, 1.165) is 6.04 Å². The second kappa shape index (κ2) is 3.58. The molecule has 1 spiro atoms. The minimum absolute atomic E-state index is 0.529. The maximum absolute atomic E-state index is 3.70. The molecule has 1 saturated heterocycles. The van der Waals surface area contributed by atoms with Crippen molar-refractivity contribution in [3.8, 4) is 0 Å². The average molecular weight is 182 g/mol. The zero-order valence-electron chi connectivity index (χ0n) is 8.97. The summed E-state index contributed by atoms with van der Waals surface area (Å²) >= 11 is 0. The molecule has 76 valence electrons. The minimum atomic E-state index is 0.529. The monoisotopic (exact) mass is 182 g/mol. The molecule has 13 heavy (non-hydrogen) atoms. The van der Waals surface area contributed by atoms with Gasteiger partial charge in [-0.2, -0.15) is 0 Å². The first-order valence-corrected chi connectivity index (χ1v) is 5.75. The van der Waals surface area contributed by atoms with Gasteiger partial charge in [-0.3, -0.25) is 4.90 Å². The van der Waals surface area contributed by atoms with Crippen molar-refractivity contribution in [2.75, 3.05) is 19.6 Å². The first kappa shape index (κ1) is 9.47. The van der Waals surface area contributed by atoms with E-state index in [4.69, 9.17) is 0 Å². The van der Waals surface area contributed by atoms with Gasteiger partial charge >= 0.3 is 0 Å². The van der Waals surface area contributed by atoms with E-state index in [-0.39, 0.29) is 0 Å². The molecule has 0 bridgehead atoms. The Bertz CT molecular complexity index is 175. The third kappa shape index (κ3) is 1.75. The van der Waals surface area contributed by atoms with E-state index in [1.165, 1.54) is 45.3 Å². The molecule has 1 atom stereocenters. The Morgan fingerprint density at radius 3 is 2.77 bits per heavy atom. The van der Waals surface area contributed by atoms with Crippen LogP contribution in [0.25, 0.3) is 0 Å². The van der Waals surface area contributed by atoms with Gasteiger partial charge in [0.1, 0.15) is 0 Å². The van der Waals surface area contributed by atoms with E-state index in [9.17, 15) is 0 Å². The zero-order valence-corrected chi connectivity index (χ0v) is 8.97. The number of nitrogens with one attached hydrogen (secondary N) is 1. The highest BCUT2D eigenvalue weighted by Crippen LogP contribution is 2.34. The Morgan fingerprint density at radius 2 is 2.23 bits per heavy atom. The van der Waals surface area contributed by atoms with Gasteiger partial charge in [0.05, 0.1) is 0 Å². The molecule has 2 heteroatoms. The lowest BCUT2D eigenvalue weighted by atomic mass is 9.75. The Hall–Kier alpha value is -0.0800. The van der Waals surface area contributed by atoms with Gasteiger partial charge in [0.25, 0.3) is 0 Å². The molecular weight excluding hydrogens is 160 g/mol.